The normalized spacial score (nSPS) is 10.2. The maximum atomic E-state index is 12.5. The number of ether oxygens (including phenoxy) is 1. The van der Waals surface area contributed by atoms with Crippen molar-refractivity contribution in [2.24, 2.45) is 0 Å². The highest BCUT2D eigenvalue weighted by atomic mass is 79.9. The van der Waals surface area contributed by atoms with E-state index < -0.39 is 0 Å². The van der Waals surface area contributed by atoms with Gasteiger partial charge >= 0.3 is 0 Å². The lowest BCUT2D eigenvalue weighted by molar-refractivity contribution is 0.289. The summed E-state index contributed by atoms with van der Waals surface area (Å²) in [4.78, 5) is 16.7. The van der Waals surface area contributed by atoms with Crippen molar-refractivity contribution in [2.75, 3.05) is 0 Å². The molecule has 0 saturated carbocycles. The van der Waals surface area contributed by atoms with Crippen LogP contribution in [0.15, 0.2) is 70.2 Å². The molecule has 3 aromatic rings. The summed E-state index contributed by atoms with van der Waals surface area (Å²) in [5.41, 5.74) is 2.17. The average molecular weight is 396 g/mol. The molecule has 6 heteroatoms. The van der Waals surface area contributed by atoms with E-state index in [4.69, 9.17) is 10.00 Å². The zero-order chi connectivity index (χ0) is 17.6. The van der Waals surface area contributed by atoms with Crippen LogP contribution in [0.25, 0.3) is 0 Å². The number of hydrogen-bond donors (Lipinski definition) is 0. The molecule has 0 unspecified atom stereocenters. The van der Waals surface area contributed by atoms with Crippen molar-refractivity contribution in [3.8, 4) is 11.9 Å². The van der Waals surface area contributed by atoms with Gasteiger partial charge in [-0.1, -0.05) is 42.5 Å². The Morgan fingerprint density at radius 3 is 2.64 bits per heavy atom. The molecule has 0 radical (unpaired) electrons. The molecule has 3 rings (SSSR count). The number of nitriles is 1. The third-order valence-electron chi connectivity index (χ3n) is 3.58. The second-order valence-electron chi connectivity index (χ2n) is 5.38. The van der Waals surface area contributed by atoms with E-state index in [2.05, 4.69) is 27.0 Å². The molecular weight excluding hydrogens is 382 g/mol. The summed E-state index contributed by atoms with van der Waals surface area (Å²) in [5, 5.41) is 8.96. The highest BCUT2D eigenvalue weighted by molar-refractivity contribution is 9.10. The molecule has 0 aliphatic carbocycles. The molecule has 2 aromatic carbocycles. The quantitative estimate of drug-likeness (QED) is 0.662. The predicted molar refractivity (Wildman–Crippen MR) is 97.2 cm³/mol. The highest BCUT2D eigenvalue weighted by Gasteiger charge is 2.11. The van der Waals surface area contributed by atoms with E-state index in [9.17, 15) is 4.79 Å². The van der Waals surface area contributed by atoms with Gasteiger partial charge in [-0.2, -0.15) is 5.26 Å². The van der Waals surface area contributed by atoms with Gasteiger partial charge in [0.1, 0.15) is 17.4 Å². The monoisotopic (exact) mass is 395 g/mol. The molecule has 124 valence electrons. The largest absolute Gasteiger partial charge is 0.472 e. The topological polar surface area (TPSA) is 67.9 Å². The number of nitrogens with zero attached hydrogens (tertiary/aromatic N) is 3. The Morgan fingerprint density at radius 2 is 1.88 bits per heavy atom. The summed E-state index contributed by atoms with van der Waals surface area (Å²) in [6, 6.07) is 18.9. The van der Waals surface area contributed by atoms with Gasteiger partial charge in [-0.25, -0.2) is 4.98 Å². The third kappa shape index (κ3) is 4.14. The van der Waals surface area contributed by atoms with Gasteiger partial charge in [0.05, 0.1) is 18.2 Å². The van der Waals surface area contributed by atoms with Crippen molar-refractivity contribution >= 4 is 15.9 Å². The van der Waals surface area contributed by atoms with Crippen molar-refractivity contribution in [2.45, 2.75) is 13.2 Å². The number of benzene rings is 2. The number of rotatable bonds is 5. The van der Waals surface area contributed by atoms with Gasteiger partial charge in [-0.15, -0.1) is 0 Å². The molecule has 25 heavy (non-hydrogen) atoms. The Kier molecular flexibility index (Phi) is 5.26. The second kappa shape index (κ2) is 7.77. The molecule has 0 N–H and O–H groups in total. The fourth-order valence-corrected chi connectivity index (χ4v) is 2.77. The maximum absolute atomic E-state index is 12.5. The zero-order valence-electron chi connectivity index (χ0n) is 13.2. The van der Waals surface area contributed by atoms with Gasteiger partial charge in [0, 0.05) is 0 Å². The Bertz CT molecular complexity index is 978. The Labute approximate surface area is 153 Å². The van der Waals surface area contributed by atoms with E-state index in [1.54, 1.807) is 18.2 Å². The molecule has 0 aliphatic rings. The standard InChI is InChI=1S/C19H14BrN3O2/c20-17-18(25-12-14-5-2-1-3-6-14)22-13-23(19(17)24)11-16-8-4-7-15(9-16)10-21/h1-9,13H,11-12H2. The molecule has 0 amide bonds. The van der Waals surface area contributed by atoms with Crippen LogP contribution in [-0.4, -0.2) is 9.55 Å². The highest BCUT2D eigenvalue weighted by Crippen LogP contribution is 2.18. The summed E-state index contributed by atoms with van der Waals surface area (Å²) in [7, 11) is 0. The fraction of sp³-hybridized carbons (Fsp3) is 0.105. The van der Waals surface area contributed by atoms with Crippen LogP contribution in [0.2, 0.25) is 0 Å². The van der Waals surface area contributed by atoms with E-state index >= 15 is 0 Å². The van der Waals surface area contributed by atoms with Gasteiger partial charge in [-0.05, 0) is 39.2 Å². The van der Waals surface area contributed by atoms with E-state index in [1.165, 1.54) is 10.9 Å². The molecule has 0 spiro atoms. The SMILES string of the molecule is N#Cc1cccc(Cn2cnc(OCc3ccccc3)c(Br)c2=O)c1. The molecule has 5 nitrogen and oxygen atoms in total. The van der Waals surface area contributed by atoms with Crippen molar-refractivity contribution in [3.63, 3.8) is 0 Å². The van der Waals surface area contributed by atoms with Crippen LogP contribution >= 0.6 is 15.9 Å². The lowest BCUT2D eigenvalue weighted by Gasteiger charge is -2.10. The lowest BCUT2D eigenvalue weighted by atomic mass is 10.1. The Balaban J connectivity index is 1.78. The van der Waals surface area contributed by atoms with Crippen LogP contribution in [-0.2, 0) is 13.2 Å². The van der Waals surface area contributed by atoms with Crippen molar-refractivity contribution in [1.29, 1.82) is 5.26 Å². The van der Waals surface area contributed by atoms with Gasteiger partial charge in [-0.3, -0.25) is 9.36 Å². The molecule has 0 fully saturated rings. The molecule has 1 aromatic heterocycles. The van der Waals surface area contributed by atoms with Crippen molar-refractivity contribution < 1.29 is 4.74 Å². The Morgan fingerprint density at radius 1 is 1.12 bits per heavy atom. The molecular formula is C19H14BrN3O2. The van der Waals surface area contributed by atoms with Crippen LogP contribution < -0.4 is 10.3 Å². The minimum Gasteiger partial charge on any atom is -0.472 e. The smallest absolute Gasteiger partial charge is 0.271 e. The molecule has 0 saturated heterocycles. The third-order valence-corrected chi connectivity index (χ3v) is 4.26. The van der Waals surface area contributed by atoms with Crippen LogP contribution in [0.4, 0.5) is 0 Å². The Hall–Kier alpha value is -2.91. The fourth-order valence-electron chi connectivity index (χ4n) is 2.32. The van der Waals surface area contributed by atoms with Crippen molar-refractivity contribution in [3.05, 3.63) is 92.4 Å². The van der Waals surface area contributed by atoms with Crippen molar-refractivity contribution in [1.82, 2.24) is 9.55 Å². The maximum Gasteiger partial charge on any atom is 0.271 e. The predicted octanol–water partition coefficient (Wildman–Crippen LogP) is 3.50. The summed E-state index contributed by atoms with van der Waals surface area (Å²) in [6.07, 6.45) is 1.45. The van der Waals surface area contributed by atoms with E-state index in [0.717, 1.165) is 11.1 Å². The molecule has 1 heterocycles. The van der Waals surface area contributed by atoms with E-state index in [-0.39, 0.29) is 15.9 Å². The molecule has 0 bridgehead atoms. The first-order valence-electron chi connectivity index (χ1n) is 7.58. The minimum absolute atomic E-state index is 0.236. The zero-order valence-corrected chi connectivity index (χ0v) is 14.8. The van der Waals surface area contributed by atoms with E-state index in [0.29, 0.717) is 18.7 Å². The van der Waals surface area contributed by atoms with E-state index in [1.807, 2.05) is 36.4 Å². The van der Waals surface area contributed by atoms with Gasteiger partial charge in [0.15, 0.2) is 0 Å². The molecule has 0 atom stereocenters. The first-order valence-corrected chi connectivity index (χ1v) is 8.37. The number of halogens is 1. The minimum atomic E-state index is -0.236. The first kappa shape index (κ1) is 16.9. The van der Waals surface area contributed by atoms with Crippen LogP contribution in [0, 0.1) is 11.3 Å². The number of hydrogen-bond acceptors (Lipinski definition) is 4. The van der Waals surface area contributed by atoms with Crippen LogP contribution in [0.1, 0.15) is 16.7 Å². The summed E-state index contributed by atoms with van der Waals surface area (Å²) in [6.45, 7) is 0.666. The summed E-state index contributed by atoms with van der Waals surface area (Å²) >= 11 is 3.27. The first-order chi connectivity index (χ1) is 12.2. The average Bonchev–Trinajstić information content (AvgIpc) is 2.66. The van der Waals surface area contributed by atoms with Gasteiger partial charge in [0.2, 0.25) is 5.88 Å². The van der Waals surface area contributed by atoms with Crippen LogP contribution in [0.3, 0.4) is 0 Å². The lowest BCUT2D eigenvalue weighted by Crippen LogP contribution is -2.22. The summed E-state index contributed by atoms with van der Waals surface area (Å²) in [5.74, 6) is 0.260. The van der Waals surface area contributed by atoms with Gasteiger partial charge in [0.25, 0.3) is 5.56 Å². The van der Waals surface area contributed by atoms with Gasteiger partial charge < -0.3 is 4.74 Å². The van der Waals surface area contributed by atoms with Crippen LogP contribution in [0.5, 0.6) is 5.88 Å². The number of aromatic nitrogens is 2. The summed E-state index contributed by atoms with van der Waals surface area (Å²) < 4.78 is 7.38. The molecule has 0 aliphatic heterocycles. The second-order valence-corrected chi connectivity index (χ2v) is 6.18.